The van der Waals surface area contributed by atoms with Gasteiger partial charge in [0.25, 0.3) is 0 Å². The zero-order chi connectivity index (χ0) is 85.3. The molecule has 8 aliphatic carbocycles. The molecule has 62 atom stereocenters. The molecule has 22 nitrogen and oxygen atoms in total. The minimum absolute atomic E-state index is 0. The maximum absolute atomic E-state index is 13.4. The predicted octanol–water partition coefficient (Wildman–Crippen LogP) is 14.4. The van der Waals surface area contributed by atoms with Crippen molar-refractivity contribution in [2.75, 3.05) is 0 Å². The van der Waals surface area contributed by atoms with E-state index in [2.05, 4.69) is 529 Å². The Morgan fingerprint density at radius 3 is 0.622 bits per heavy atom. The van der Waals surface area contributed by atoms with Crippen LogP contribution in [0.3, 0.4) is 0 Å². The first-order valence-corrected chi connectivity index (χ1v) is 67.7. The molecule has 10 aliphatic heterocycles. The third-order valence-electron chi connectivity index (χ3n) is 29.5. The Morgan fingerprint density at radius 2 is 0.395 bits per heavy atom. The van der Waals surface area contributed by atoms with Gasteiger partial charge in [-0.2, -0.15) is 0 Å². The van der Waals surface area contributed by atoms with Gasteiger partial charge in [0.1, 0.15) is 0 Å². The Hall–Kier alpha value is 13.7. The summed E-state index contributed by atoms with van der Waals surface area (Å²) in [5.74, 6) is -0.532. The van der Waals surface area contributed by atoms with Gasteiger partial charge in [-0.1, -0.05) is 414 Å². The standard InChI is InChI=1S/2C32H41Br14ClN8O3S.Cu/c2*33-3-1-2-4(12(35)11(3)34)26-48-25(2)49-30-10-7(15(38)22(45)23(47)24(10)59(56,57)58)28(52-30)50-27-5-6(14(37)19(42)18(41)13(5)36)29(51-27)54-32-9-8(31(53-26)55(32)46)16(39)20(43)21(44)17(9)40;/h2*2-32,48-54H,1H2,(H,56,57,58);/q;;+2/p-2. The molecule has 14 N–H and O–H groups in total. The SMILES string of the molecule is O=S(=O)([O-])C1C(Cl)C(Br)C(Br)C2C3NC4NC(NC5C6C(Br)C(Br)C(Br)C(Br)C6C(NC6NC(NC(N3)C21)C1CC(Br)C(Br)C(Br)C61)N5Br)C1C(Br)C(Br)C(Br)C(Br)C41.O=S(=O)([O-])C1C(Cl)C(Br)C(Br)C2C3NC4NC(NC5C6C(Br)C(Br)C(Br)C(Br)C6C(NC6NC(NC(N3)C21)C1CC(Br)C(Br)C(Br)C61)N5Br)C1C(Br)C(Br)C(Br)C(Br)C41.[Cu+2]. The van der Waals surface area contributed by atoms with E-state index in [1.165, 1.54) is 0 Å². The van der Waals surface area contributed by atoms with Crippen LogP contribution < -0.4 is 74.4 Å². The van der Waals surface area contributed by atoms with Crippen LogP contribution in [0, 0.1) is 94.7 Å². The third-order valence-corrected chi connectivity index (χ3v) is 78.4. The van der Waals surface area contributed by atoms with E-state index in [0.29, 0.717) is 0 Å². The fraction of sp³-hybridized carbons (Fsp3) is 1.00. The zero-order valence-corrected chi connectivity index (χ0v) is 109. The minimum Gasteiger partial charge on any atom is -0.748 e. The average Bonchev–Trinajstić information content (AvgIpc) is 1.57. The van der Waals surface area contributed by atoms with Crippen molar-refractivity contribution in [3.63, 3.8) is 0 Å². The summed E-state index contributed by atoms with van der Waals surface area (Å²) in [5.41, 5.74) is 0. The van der Waals surface area contributed by atoms with Crippen molar-refractivity contribution in [1.29, 1.82) is 0 Å². The van der Waals surface area contributed by atoms with Gasteiger partial charge in [-0.25, -0.2) is 24.7 Å². The van der Waals surface area contributed by atoms with Crippen molar-refractivity contribution < 1.29 is 43.0 Å². The molecular formula is C64H80Br28Cl2CuN16O6S2. The molecule has 10 heterocycles. The number of hydrogen-bond acceptors (Lipinski definition) is 22. The Balaban J connectivity index is 0.000000176. The number of alkyl halides is 28. The maximum atomic E-state index is 13.4. The van der Waals surface area contributed by atoms with Crippen LogP contribution >= 0.6 is 470 Å². The van der Waals surface area contributed by atoms with Crippen molar-refractivity contribution in [3.8, 4) is 0 Å². The van der Waals surface area contributed by atoms with Crippen molar-refractivity contribution in [3.05, 3.63) is 0 Å². The van der Waals surface area contributed by atoms with Crippen molar-refractivity contribution in [2.45, 2.75) is 258 Å². The van der Waals surface area contributed by atoms with E-state index >= 15 is 0 Å². The molecule has 119 heavy (non-hydrogen) atoms. The summed E-state index contributed by atoms with van der Waals surface area (Å²) in [5, 5.41) is 51.8. The summed E-state index contributed by atoms with van der Waals surface area (Å²) in [6.07, 6.45) is -2.25. The molecule has 0 amide bonds. The van der Waals surface area contributed by atoms with Gasteiger partial charge in [-0.05, 0) is 24.7 Å². The van der Waals surface area contributed by atoms with E-state index in [0.717, 1.165) is 12.8 Å². The molecule has 62 unspecified atom stereocenters. The summed E-state index contributed by atoms with van der Waals surface area (Å²) in [6, 6.07) is 0. The number of hydrogen-bond donors (Lipinski definition) is 14. The normalized spacial score (nSPS) is 62.1. The van der Waals surface area contributed by atoms with E-state index in [9.17, 15) is 25.9 Å². The number of rotatable bonds is 2. The largest absolute Gasteiger partial charge is 2.00 e. The summed E-state index contributed by atoms with van der Waals surface area (Å²) >= 11 is 128. The monoisotopic (exact) mass is 3580 g/mol. The third kappa shape index (κ3) is 18.5. The zero-order valence-electron chi connectivity index (χ0n) is 60.0. The van der Waals surface area contributed by atoms with Gasteiger partial charge >= 0.3 is 17.1 Å². The van der Waals surface area contributed by atoms with Crippen molar-refractivity contribution in [2.24, 2.45) is 94.7 Å². The molecule has 685 valence electrons. The second-order valence-corrected chi connectivity index (χ2v) is 68.4. The van der Waals surface area contributed by atoms with Gasteiger partial charge in [0.15, 0.2) is 0 Å². The van der Waals surface area contributed by atoms with Gasteiger partial charge in [0.05, 0.1) is 140 Å². The molecule has 0 aromatic carbocycles. The van der Waals surface area contributed by atoms with Gasteiger partial charge in [-0.3, -0.25) is 74.4 Å². The number of nitrogens with one attached hydrogen (secondary N) is 14. The number of halogens is 30. The van der Waals surface area contributed by atoms with Crippen LogP contribution in [-0.4, -0.2) is 279 Å². The molecule has 16 bridgehead atoms. The van der Waals surface area contributed by atoms with Gasteiger partial charge in [-0.15, -0.1) is 23.2 Å². The van der Waals surface area contributed by atoms with Crippen LogP contribution in [-0.2, 0) is 37.3 Å². The fourth-order valence-corrected chi connectivity index (χ4v) is 56.0. The molecule has 8 saturated carbocycles. The molecule has 0 spiro atoms. The Bertz CT molecular complexity index is 3690. The predicted molar refractivity (Wildman–Crippen MR) is 568 cm³/mol. The smallest absolute Gasteiger partial charge is 0.748 e. The topological polar surface area (TPSA) is 289 Å². The molecular weight excluding hydrogens is 3520 g/mol. The summed E-state index contributed by atoms with van der Waals surface area (Å²) < 4.78 is 85.0. The van der Waals surface area contributed by atoms with Crippen molar-refractivity contribution in [1.82, 2.24) is 82.3 Å². The van der Waals surface area contributed by atoms with Gasteiger partial charge in [0.2, 0.25) is 0 Å². The fourth-order valence-electron chi connectivity index (χ4n) is 24.4. The first-order chi connectivity index (χ1) is 55.3. The quantitative estimate of drug-likeness (QED) is 0.0529. The minimum atomic E-state index is -4.84. The Morgan fingerprint density at radius 1 is 0.227 bits per heavy atom. The molecule has 18 fully saturated rings. The second-order valence-electron chi connectivity index (χ2n) is 34.9. The van der Waals surface area contributed by atoms with Crippen LogP contribution in [0.15, 0.2) is 0 Å². The van der Waals surface area contributed by atoms with E-state index in [-0.39, 0.29) is 290 Å². The maximum Gasteiger partial charge on any atom is 2.00 e. The van der Waals surface area contributed by atoms with Crippen LogP contribution in [0.4, 0.5) is 0 Å². The first kappa shape index (κ1) is 106. The van der Waals surface area contributed by atoms with E-state index in [1.54, 1.807) is 0 Å². The molecule has 10 saturated heterocycles. The Labute approximate surface area is 951 Å². The molecule has 0 aromatic heterocycles. The molecule has 55 heteroatoms. The first-order valence-electron chi connectivity index (χ1n) is 38.7. The van der Waals surface area contributed by atoms with Crippen LogP contribution in [0.2, 0.25) is 0 Å². The van der Waals surface area contributed by atoms with E-state index in [1.807, 2.05) is 0 Å². The van der Waals surface area contributed by atoms with Crippen LogP contribution in [0.5, 0.6) is 0 Å². The average molecular weight is 3610 g/mol. The molecule has 18 aliphatic rings. The van der Waals surface area contributed by atoms with Crippen LogP contribution in [0.1, 0.15) is 12.8 Å². The molecule has 1 radical (unpaired) electrons. The van der Waals surface area contributed by atoms with E-state index < -0.39 is 87.6 Å². The summed E-state index contributed by atoms with van der Waals surface area (Å²) in [4.78, 5) is 1.23. The van der Waals surface area contributed by atoms with Gasteiger partial charge in [0, 0.05) is 241 Å². The summed E-state index contributed by atoms with van der Waals surface area (Å²) in [7, 11) is -9.67. The number of fused-ring (bicyclic) bond motifs is 40. The molecule has 18 rings (SSSR count). The Kier molecular flexibility index (Phi) is 36.5. The second kappa shape index (κ2) is 41.2. The molecule has 0 aromatic rings. The van der Waals surface area contributed by atoms with E-state index in [4.69, 9.17) is 23.2 Å². The van der Waals surface area contributed by atoms with Gasteiger partial charge < -0.3 is 9.11 Å². The number of nitrogens with zero attached hydrogens (tertiary/aromatic N) is 2. The summed E-state index contributed by atoms with van der Waals surface area (Å²) in [6.45, 7) is 0. The van der Waals surface area contributed by atoms with Crippen molar-refractivity contribution >= 4 is 490 Å². The van der Waals surface area contributed by atoms with Crippen LogP contribution in [0.25, 0.3) is 0 Å².